The summed E-state index contributed by atoms with van der Waals surface area (Å²) in [5, 5.41) is 6.25. The zero-order chi connectivity index (χ0) is 19.0. The first-order valence-electron chi connectivity index (χ1n) is 8.77. The lowest BCUT2D eigenvalue weighted by molar-refractivity contribution is 0.107. The van der Waals surface area contributed by atoms with Crippen LogP contribution in [0.2, 0.25) is 5.15 Å². The lowest BCUT2D eigenvalue weighted by atomic mass is 9.60. The minimum absolute atomic E-state index is 0.189. The summed E-state index contributed by atoms with van der Waals surface area (Å²) in [7, 11) is 2.12. The number of carbonyl (C=O) groups is 1. The van der Waals surface area contributed by atoms with Crippen LogP contribution in [0.5, 0.6) is 0 Å². The van der Waals surface area contributed by atoms with E-state index in [9.17, 15) is 9.70 Å². The molecule has 0 saturated carbocycles. The number of nitrogens with zero attached hydrogens (tertiary/aromatic N) is 5. The highest BCUT2D eigenvalue weighted by atomic mass is 35.5. The van der Waals surface area contributed by atoms with Gasteiger partial charge in [0.25, 0.3) is 0 Å². The molecule has 0 unspecified atom stereocenters. The molecule has 1 N–H and O–H groups in total. The minimum atomic E-state index is -0.935. The maximum Gasteiger partial charge on any atom is 0.421 e. The first kappa shape index (κ1) is 17.9. The van der Waals surface area contributed by atoms with Crippen molar-refractivity contribution in [1.82, 2.24) is 14.9 Å². The Morgan fingerprint density at radius 1 is 1.19 bits per heavy atom. The van der Waals surface area contributed by atoms with Gasteiger partial charge in [0.2, 0.25) is 0 Å². The molecule has 0 atom stereocenters. The molecule has 0 spiro atoms. The van der Waals surface area contributed by atoms with Crippen LogP contribution in [0.3, 0.4) is 0 Å². The molecule has 0 aromatic carbocycles. The molecule has 4 heterocycles. The van der Waals surface area contributed by atoms with Crippen LogP contribution < -0.4 is 10.2 Å². The van der Waals surface area contributed by atoms with Crippen LogP contribution in [0, 0.1) is 4.91 Å². The minimum Gasteiger partial charge on any atom is -0.368 e. The Kier molecular flexibility index (Phi) is 4.80. The Hall–Kier alpha value is -2.52. The van der Waals surface area contributed by atoms with E-state index in [4.69, 9.17) is 11.6 Å². The van der Waals surface area contributed by atoms with Crippen molar-refractivity contribution in [3.8, 4) is 0 Å². The molecule has 1 saturated heterocycles. The number of fused-ring (bicyclic) bond motifs is 1. The van der Waals surface area contributed by atoms with Crippen molar-refractivity contribution in [1.29, 1.82) is 0 Å². The third-order valence-electron chi connectivity index (χ3n) is 5.08. The van der Waals surface area contributed by atoms with Gasteiger partial charge >= 0.3 is 6.85 Å². The number of nitroso groups, excluding NO2 is 1. The van der Waals surface area contributed by atoms with Crippen molar-refractivity contribution in [3.05, 3.63) is 45.7 Å². The highest BCUT2D eigenvalue weighted by Gasteiger charge is 2.40. The van der Waals surface area contributed by atoms with Crippen molar-refractivity contribution in [2.24, 2.45) is 5.09 Å². The number of nitrogens with one attached hydrogen (secondary N) is 1. The fraction of sp³-hybridized carbons (Fsp3) is 0.353. The van der Waals surface area contributed by atoms with Gasteiger partial charge in [-0.15, -0.1) is 5.09 Å². The second-order valence-electron chi connectivity index (χ2n) is 6.82. The van der Waals surface area contributed by atoms with Gasteiger partial charge in [0.1, 0.15) is 11.0 Å². The van der Waals surface area contributed by atoms with Crippen molar-refractivity contribution >= 4 is 41.3 Å². The number of rotatable bonds is 4. The van der Waals surface area contributed by atoms with Crippen LogP contribution in [0.15, 0.2) is 29.6 Å². The molecule has 2 aliphatic rings. The summed E-state index contributed by atoms with van der Waals surface area (Å²) >= 11 is 6.09. The second-order valence-corrected chi connectivity index (χ2v) is 7.18. The first-order valence-corrected chi connectivity index (χ1v) is 9.15. The number of piperazine rings is 1. The summed E-state index contributed by atoms with van der Waals surface area (Å²) in [5.74, 6) is 0.592. The predicted octanol–water partition coefficient (Wildman–Crippen LogP) is 2.20. The number of pyridine rings is 2. The van der Waals surface area contributed by atoms with Gasteiger partial charge in [-0.1, -0.05) is 11.6 Å². The Bertz CT molecular complexity index is 886. The number of likely N-dealkylation sites (N-methyl/N-ethyl adjacent to an activating group) is 1. The summed E-state index contributed by atoms with van der Waals surface area (Å²) in [6.07, 6.45) is 3.49. The molecule has 0 bridgehead atoms. The number of aromatic nitrogens is 2. The van der Waals surface area contributed by atoms with Crippen LogP contribution in [0.25, 0.3) is 0 Å². The highest BCUT2D eigenvalue weighted by Crippen LogP contribution is 2.34. The maximum absolute atomic E-state index is 12.4. The van der Waals surface area contributed by atoms with Gasteiger partial charge < -0.3 is 19.9 Å². The Balaban J connectivity index is 1.55. The van der Waals surface area contributed by atoms with Gasteiger partial charge in [0.15, 0.2) is 5.68 Å². The summed E-state index contributed by atoms with van der Waals surface area (Å²) in [4.78, 5) is 36.5. The molecular formula is C17H18BClN6O2. The SMILES string of the molecule is CN1CCN(c2ccc(Nc3cnc(Cl)c4c3C(=O)B(N=O)C4)nc2)CC1. The van der Waals surface area contributed by atoms with Gasteiger partial charge in [-0.2, -0.15) is 4.91 Å². The van der Waals surface area contributed by atoms with E-state index < -0.39 is 6.85 Å². The van der Waals surface area contributed by atoms with Gasteiger partial charge in [-0.05, 0) is 31.1 Å². The zero-order valence-corrected chi connectivity index (χ0v) is 15.6. The molecule has 27 heavy (non-hydrogen) atoms. The standard InChI is InChI=1S/C17H18BClN6O2/c1-24-4-6-25(7-5-24)11-2-3-14(20-9-11)22-13-10-21-17(19)12-8-18(23-27)16(26)15(12)13/h2-3,9-10H,4-8H2,1H3,(H,20,22). The number of hydrogen-bond donors (Lipinski definition) is 1. The summed E-state index contributed by atoms with van der Waals surface area (Å²) in [6.45, 7) is 3.05. The number of halogens is 1. The molecule has 1 fully saturated rings. The monoisotopic (exact) mass is 384 g/mol. The van der Waals surface area contributed by atoms with E-state index in [1.54, 1.807) is 0 Å². The molecule has 4 rings (SSSR count). The zero-order valence-electron chi connectivity index (χ0n) is 14.9. The Morgan fingerprint density at radius 3 is 2.63 bits per heavy atom. The molecular weight excluding hydrogens is 366 g/mol. The lowest BCUT2D eigenvalue weighted by Gasteiger charge is -2.33. The third kappa shape index (κ3) is 3.40. The first-order chi connectivity index (χ1) is 13.1. The van der Waals surface area contributed by atoms with Crippen LogP contribution in [-0.2, 0) is 6.32 Å². The van der Waals surface area contributed by atoms with E-state index in [1.807, 2.05) is 18.3 Å². The number of carbonyl (C=O) groups excluding carboxylic acids is 1. The second kappa shape index (κ2) is 7.24. The fourth-order valence-corrected chi connectivity index (χ4v) is 3.70. The van der Waals surface area contributed by atoms with Gasteiger partial charge in [0.05, 0.1) is 23.8 Å². The molecule has 0 radical (unpaired) electrons. The molecule has 138 valence electrons. The average Bonchev–Trinajstić information content (AvgIpc) is 3.03. The molecule has 0 aliphatic carbocycles. The van der Waals surface area contributed by atoms with Crippen LogP contribution in [-0.4, -0.2) is 60.6 Å². The van der Waals surface area contributed by atoms with Crippen LogP contribution in [0.4, 0.5) is 17.2 Å². The van der Waals surface area contributed by atoms with Crippen molar-refractivity contribution in [2.75, 3.05) is 43.4 Å². The topological polar surface area (TPSA) is 90.8 Å². The normalized spacial score (nSPS) is 17.2. The summed E-state index contributed by atoms with van der Waals surface area (Å²) in [6, 6.07) is 3.87. The molecule has 0 amide bonds. The Morgan fingerprint density at radius 2 is 1.96 bits per heavy atom. The maximum atomic E-state index is 12.4. The number of anilines is 3. The highest BCUT2D eigenvalue weighted by molar-refractivity contribution is 6.93. The predicted molar refractivity (Wildman–Crippen MR) is 106 cm³/mol. The average molecular weight is 385 g/mol. The molecule has 10 heteroatoms. The smallest absolute Gasteiger partial charge is 0.368 e. The van der Waals surface area contributed by atoms with Crippen molar-refractivity contribution in [2.45, 2.75) is 6.32 Å². The molecule has 8 nitrogen and oxygen atoms in total. The molecule has 2 aromatic heterocycles. The van der Waals surface area contributed by atoms with E-state index in [0.717, 1.165) is 31.9 Å². The quantitative estimate of drug-likeness (QED) is 0.491. The molecule has 2 aliphatic heterocycles. The number of hydrogen-bond acceptors (Lipinski definition) is 8. The van der Waals surface area contributed by atoms with E-state index in [1.165, 1.54) is 6.20 Å². The van der Waals surface area contributed by atoms with Gasteiger partial charge in [-0.25, -0.2) is 9.97 Å². The van der Waals surface area contributed by atoms with Gasteiger partial charge in [0, 0.05) is 31.7 Å². The largest absolute Gasteiger partial charge is 0.421 e. The van der Waals surface area contributed by atoms with Gasteiger partial charge in [-0.3, -0.25) is 0 Å². The van der Waals surface area contributed by atoms with E-state index in [0.29, 0.717) is 22.6 Å². The fourth-order valence-electron chi connectivity index (χ4n) is 3.48. The summed E-state index contributed by atoms with van der Waals surface area (Å²) in [5.41, 5.74) is 2.16. The van der Waals surface area contributed by atoms with E-state index >= 15 is 0 Å². The van der Waals surface area contributed by atoms with E-state index in [-0.39, 0.29) is 17.2 Å². The third-order valence-corrected chi connectivity index (χ3v) is 5.41. The molecule has 2 aromatic rings. The van der Waals surface area contributed by atoms with E-state index in [2.05, 4.69) is 37.2 Å². The van der Waals surface area contributed by atoms with Crippen LogP contribution in [0.1, 0.15) is 15.9 Å². The van der Waals surface area contributed by atoms with Crippen molar-refractivity contribution < 1.29 is 4.79 Å². The Labute approximate surface area is 162 Å². The summed E-state index contributed by atoms with van der Waals surface area (Å²) < 4.78 is 0. The lowest BCUT2D eigenvalue weighted by Crippen LogP contribution is -2.44. The van der Waals surface area contributed by atoms with Crippen LogP contribution >= 0.6 is 11.6 Å². The van der Waals surface area contributed by atoms with Crippen molar-refractivity contribution in [3.63, 3.8) is 0 Å².